The zero-order chi connectivity index (χ0) is 13.0. The van der Waals surface area contributed by atoms with Crippen molar-refractivity contribution in [3.05, 3.63) is 38.9 Å². The first-order chi connectivity index (χ1) is 7.91. The lowest BCUT2D eigenvalue weighted by molar-refractivity contribution is -0.384. The Morgan fingerprint density at radius 3 is 2.59 bits per heavy atom. The van der Waals surface area contributed by atoms with Crippen LogP contribution in [-0.4, -0.2) is 16.6 Å². The second-order valence-corrected chi connectivity index (χ2v) is 3.54. The number of hydrogen-bond acceptors (Lipinski definition) is 4. The zero-order valence-electron chi connectivity index (χ0n) is 8.92. The molecule has 7 nitrogen and oxygen atoms in total. The first-order valence-corrected chi connectivity index (χ1v) is 4.87. The van der Waals surface area contributed by atoms with E-state index < -0.39 is 4.92 Å². The van der Waals surface area contributed by atoms with Gasteiger partial charge in [0.25, 0.3) is 5.69 Å². The van der Waals surface area contributed by atoms with Crippen molar-refractivity contribution >= 4 is 29.0 Å². The van der Waals surface area contributed by atoms with E-state index >= 15 is 0 Å². The molecule has 8 heteroatoms. The molecule has 17 heavy (non-hydrogen) atoms. The smallest absolute Gasteiger partial charge is 0.288 e. The molecule has 0 heterocycles. The fourth-order valence-electron chi connectivity index (χ4n) is 1.07. The second-order valence-electron chi connectivity index (χ2n) is 3.13. The number of nitro groups is 1. The highest BCUT2D eigenvalue weighted by Crippen LogP contribution is 2.25. The predicted octanol–water partition coefficient (Wildman–Crippen LogP) is 1.25. The molecule has 0 radical (unpaired) electrons. The molecular formula is C9H10ClN5O2. The SMILES string of the molecule is C/C(=N/N=C(N)N)c1ccc(Cl)c([N+](=O)[O-])c1. The standard InChI is InChI=1S/C9H10ClN5O2/c1-5(13-14-9(11)12)6-2-3-7(10)8(4-6)15(16)17/h2-4H,1H3,(H4,11,12,14)/b13-5-. The summed E-state index contributed by atoms with van der Waals surface area (Å²) in [6, 6.07) is 4.32. The molecule has 0 aromatic heterocycles. The number of nitrogens with two attached hydrogens (primary N) is 2. The fourth-order valence-corrected chi connectivity index (χ4v) is 1.25. The third kappa shape index (κ3) is 3.42. The third-order valence-corrected chi connectivity index (χ3v) is 2.20. The van der Waals surface area contributed by atoms with Gasteiger partial charge in [0.15, 0.2) is 0 Å². The van der Waals surface area contributed by atoms with Gasteiger partial charge >= 0.3 is 0 Å². The average Bonchev–Trinajstić information content (AvgIpc) is 2.26. The summed E-state index contributed by atoms with van der Waals surface area (Å²) in [5.74, 6) is -0.187. The Kier molecular flexibility index (Phi) is 4.00. The van der Waals surface area contributed by atoms with Gasteiger partial charge in [0.2, 0.25) is 5.96 Å². The molecule has 0 unspecified atom stereocenters. The lowest BCUT2D eigenvalue weighted by Gasteiger charge is -2.00. The number of rotatable bonds is 3. The van der Waals surface area contributed by atoms with Crippen molar-refractivity contribution in [1.82, 2.24) is 0 Å². The minimum Gasteiger partial charge on any atom is -0.369 e. The predicted molar refractivity (Wildman–Crippen MR) is 66.1 cm³/mol. The second kappa shape index (κ2) is 5.26. The third-order valence-electron chi connectivity index (χ3n) is 1.88. The summed E-state index contributed by atoms with van der Waals surface area (Å²) in [4.78, 5) is 10.1. The maximum atomic E-state index is 10.7. The van der Waals surface area contributed by atoms with E-state index in [0.29, 0.717) is 11.3 Å². The van der Waals surface area contributed by atoms with Crippen molar-refractivity contribution in [1.29, 1.82) is 0 Å². The zero-order valence-corrected chi connectivity index (χ0v) is 9.68. The maximum Gasteiger partial charge on any atom is 0.288 e. The monoisotopic (exact) mass is 255 g/mol. The van der Waals surface area contributed by atoms with Gasteiger partial charge in [0.1, 0.15) is 5.02 Å². The van der Waals surface area contributed by atoms with Gasteiger partial charge in [-0.05, 0) is 13.0 Å². The Morgan fingerprint density at radius 1 is 1.41 bits per heavy atom. The minimum atomic E-state index is -0.570. The number of nitro benzene ring substituents is 1. The molecule has 1 rings (SSSR count). The molecule has 0 bridgehead atoms. The Labute approximate surface area is 102 Å². The Morgan fingerprint density at radius 2 is 2.06 bits per heavy atom. The molecule has 0 aliphatic carbocycles. The van der Waals surface area contributed by atoms with Crippen molar-refractivity contribution in [2.75, 3.05) is 0 Å². The molecule has 0 aliphatic heterocycles. The van der Waals surface area contributed by atoms with Crippen LogP contribution in [0.5, 0.6) is 0 Å². The highest BCUT2D eigenvalue weighted by Gasteiger charge is 2.13. The van der Waals surface area contributed by atoms with Gasteiger partial charge in [-0.25, -0.2) is 0 Å². The molecule has 0 saturated heterocycles. The van der Waals surface area contributed by atoms with Gasteiger partial charge in [0.05, 0.1) is 10.6 Å². The van der Waals surface area contributed by atoms with E-state index in [4.69, 9.17) is 23.1 Å². The quantitative estimate of drug-likeness (QED) is 0.365. The lowest BCUT2D eigenvalue weighted by atomic mass is 10.1. The first kappa shape index (κ1) is 12.9. The van der Waals surface area contributed by atoms with Crippen LogP contribution < -0.4 is 11.5 Å². The van der Waals surface area contributed by atoms with Gasteiger partial charge in [-0.15, -0.1) is 5.10 Å². The van der Waals surface area contributed by atoms with E-state index in [9.17, 15) is 10.1 Å². The highest BCUT2D eigenvalue weighted by atomic mass is 35.5. The van der Waals surface area contributed by atoms with Crippen molar-refractivity contribution in [3.63, 3.8) is 0 Å². The number of hydrogen-bond donors (Lipinski definition) is 2. The normalized spacial score (nSPS) is 11.1. The highest BCUT2D eigenvalue weighted by molar-refractivity contribution is 6.32. The molecule has 1 aromatic rings. The molecule has 0 fully saturated rings. The van der Waals surface area contributed by atoms with E-state index in [1.165, 1.54) is 12.1 Å². The summed E-state index contributed by atoms with van der Waals surface area (Å²) in [5.41, 5.74) is 11.0. The summed E-state index contributed by atoms with van der Waals surface area (Å²) in [5, 5.41) is 17.9. The summed E-state index contributed by atoms with van der Waals surface area (Å²) in [7, 11) is 0. The maximum absolute atomic E-state index is 10.7. The molecule has 90 valence electrons. The van der Waals surface area contributed by atoms with E-state index in [1.54, 1.807) is 13.0 Å². The Hall–Kier alpha value is -2.15. The molecule has 0 atom stereocenters. The van der Waals surface area contributed by atoms with Crippen molar-refractivity contribution in [2.45, 2.75) is 6.92 Å². The van der Waals surface area contributed by atoms with Crippen LogP contribution in [0.2, 0.25) is 5.02 Å². The number of benzene rings is 1. The molecule has 0 aliphatic rings. The summed E-state index contributed by atoms with van der Waals surface area (Å²) in [6.45, 7) is 1.62. The van der Waals surface area contributed by atoms with Crippen molar-refractivity contribution in [2.24, 2.45) is 21.7 Å². The molecule has 0 spiro atoms. The molecule has 0 saturated carbocycles. The molecule has 1 aromatic carbocycles. The summed E-state index contributed by atoms with van der Waals surface area (Å²) < 4.78 is 0. The topological polar surface area (TPSA) is 120 Å². The van der Waals surface area contributed by atoms with Crippen LogP contribution in [0.3, 0.4) is 0 Å². The summed E-state index contributed by atoms with van der Waals surface area (Å²) in [6.07, 6.45) is 0. The van der Waals surface area contributed by atoms with Crippen LogP contribution >= 0.6 is 11.6 Å². The molecule has 4 N–H and O–H groups in total. The number of nitrogens with zero attached hydrogens (tertiary/aromatic N) is 3. The first-order valence-electron chi connectivity index (χ1n) is 4.49. The van der Waals surface area contributed by atoms with Crippen LogP contribution in [0.25, 0.3) is 0 Å². The molecular weight excluding hydrogens is 246 g/mol. The van der Waals surface area contributed by atoms with Crippen LogP contribution in [-0.2, 0) is 0 Å². The van der Waals surface area contributed by atoms with Gasteiger partial charge in [-0.2, -0.15) is 5.10 Å². The van der Waals surface area contributed by atoms with Gasteiger partial charge in [-0.3, -0.25) is 10.1 Å². The van der Waals surface area contributed by atoms with Crippen molar-refractivity contribution < 1.29 is 4.92 Å². The number of halogens is 1. The Balaban J connectivity index is 3.16. The average molecular weight is 256 g/mol. The van der Waals surface area contributed by atoms with Crippen LogP contribution in [0.4, 0.5) is 5.69 Å². The van der Waals surface area contributed by atoms with E-state index in [2.05, 4.69) is 10.2 Å². The van der Waals surface area contributed by atoms with Crippen LogP contribution in [0.1, 0.15) is 12.5 Å². The number of guanidine groups is 1. The van der Waals surface area contributed by atoms with Crippen LogP contribution in [0.15, 0.2) is 28.4 Å². The van der Waals surface area contributed by atoms with Gasteiger partial charge < -0.3 is 11.5 Å². The van der Waals surface area contributed by atoms with E-state index in [0.717, 1.165) is 0 Å². The fraction of sp³-hybridized carbons (Fsp3) is 0.111. The van der Waals surface area contributed by atoms with E-state index in [1.807, 2.05) is 0 Å². The van der Waals surface area contributed by atoms with Crippen LogP contribution in [0, 0.1) is 10.1 Å². The summed E-state index contributed by atoms with van der Waals surface area (Å²) >= 11 is 5.67. The van der Waals surface area contributed by atoms with E-state index in [-0.39, 0.29) is 16.7 Å². The Bertz CT molecular complexity index is 508. The lowest BCUT2D eigenvalue weighted by Crippen LogP contribution is -2.22. The van der Waals surface area contributed by atoms with Gasteiger partial charge in [0, 0.05) is 11.6 Å². The minimum absolute atomic E-state index is 0.0633. The molecule has 0 amide bonds. The van der Waals surface area contributed by atoms with Crippen molar-refractivity contribution in [3.8, 4) is 0 Å². The van der Waals surface area contributed by atoms with Gasteiger partial charge in [-0.1, -0.05) is 17.7 Å². The largest absolute Gasteiger partial charge is 0.369 e.